The van der Waals surface area contributed by atoms with E-state index in [-0.39, 0.29) is 11.9 Å². The largest absolute Gasteiger partial charge is 0.464 e. The van der Waals surface area contributed by atoms with Crippen molar-refractivity contribution >= 4 is 23.6 Å². The van der Waals surface area contributed by atoms with Gasteiger partial charge in [-0.05, 0) is 44.6 Å². The second-order valence-corrected chi connectivity index (χ2v) is 5.62. The van der Waals surface area contributed by atoms with Gasteiger partial charge in [-0.25, -0.2) is 9.78 Å². The number of likely N-dealkylation sites (tertiary alicyclic amines) is 1. The van der Waals surface area contributed by atoms with Gasteiger partial charge >= 0.3 is 5.97 Å². The molecule has 114 valence electrons. The van der Waals surface area contributed by atoms with Crippen LogP contribution in [-0.4, -0.2) is 47.2 Å². The monoisotopic (exact) mass is 308 g/mol. The third kappa shape index (κ3) is 3.56. The lowest BCUT2D eigenvalue weighted by molar-refractivity contribution is -0.149. The lowest BCUT2D eigenvalue weighted by Crippen LogP contribution is -2.48. The average molecular weight is 308 g/mol. The van der Waals surface area contributed by atoms with E-state index < -0.39 is 6.04 Å². The highest BCUT2D eigenvalue weighted by atomic mass is 32.2. The number of pyridine rings is 1. The van der Waals surface area contributed by atoms with Crippen LogP contribution >= 0.6 is 11.8 Å². The fraction of sp³-hybridized carbons (Fsp3) is 0.533. The van der Waals surface area contributed by atoms with Gasteiger partial charge in [0.25, 0.3) is 5.91 Å². The quantitative estimate of drug-likeness (QED) is 0.631. The SMILES string of the molecule is CCOC(=O)C1CCCCN1C(=O)c1cccnc1SC. The third-order valence-corrected chi connectivity index (χ3v) is 4.23. The summed E-state index contributed by atoms with van der Waals surface area (Å²) in [5.74, 6) is -0.439. The summed E-state index contributed by atoms with van der Waals surface area (Å²) in [7, 11) is 0. The predicted molar refractivity (Wildman–Crippen MR) is 81.3 cm³/mol. The molecule has 1 aliphatic rings. The molecule has 0 N–H and O–H groups in total. The van der Waals surface area contributed by atoms with Gasteiger partial charge in [0.15, 0.2) is 0 Å². The number of amides is 1. The molecule has 0 radical (unpaired) electrons. The Labute approximate surface area is 129 Å². The van der Waals surface area contributed by atoms with Crippen molar-refractivity contribution in [3.8, 4) is 0 Å². The molecule has 0 aliphatic carbocycles. The zero-order valence-electron chi connectivity index (χ0n) is 12.4. The molecular formula is C15H20N2O3S. The van der Waals surface area contributed by atoms with E-state index in [4.69, 9.17) is 4.74 Å². The average Bonchev–Trinajstić information content (AvgIpc) is 2.54. The van der Waals surface area contributed by atoms with Gasteiger partial charge in [0.05, 0.1) is 12.2 Å². The van der Waals surface area contributed by atoms with E-state index in [1.807, 2.05) is 6.26 Å². The van der Waals surface area contributed by atoms with Crippen molar-refractivity contribution < 1.29 is 14.3 Å². The predicted octanol–water partition coefficient (Wildman–Crippen LogP) is 2.36. The first kappa shape index (κ1) is 15.8. The van der Waals surface area contributed by atoms with E-state index in [9.17, 15) is 9.59 Å². The summed E-state index contributed by atoms with van der Waals surface area (Å²) in [6, 6.07) is 3.04. The van der Waals surface area contributed by atoms with Gasteiger partial charge in [0.2, 0.25) is 0 Å². The summed E-state index contributed by atoms with van der Waals surface area (Å²) >= 11 is 1.43. The number of carbonyl (C=O) groups excluding carboxylic acids is 2. The summed E-state index contributed by atoms with van der Waals surface area (Å²) in [5, 5.41) is 0.690. The Bertz CT molecular complexity index is 521. The van der Waals surface area contributed by atoms with Gasteiger partial charge in [-0.15, -0.1) is 11.8 Å². The summed E-state index contributed by atoms with van der Waals surface area (Å²) in [4.78, 5) is 30.7. The molecule has 6 heteroatoms. The smallest absolute Gasteiger partial charge is 0.328 e. The molecular weight excluding hydrogens is 288 g/mol. The normalized spacial score (nSPS) is 18.4. The number of piperidine rings is 1. The van der Waals surface area contributed by atoms with Crippen molar-refractivity contribution in [2.24, 2.45) is 0 Å². The van der Waals surface area contributed by atoms with Crippen molar-refractivity contribution in [3.05, 3.63) is 23.9 Å². The molecule has 21 heavy (non-hydrogen) atoms. The van der Waals surface area contributed by atoms with Crippen molar-refractivity contribution in [1.82, 2.24) is 9.88 Å². The Morgan fingerprint density at radius 2 is 2.29 bits per heavy atom. The Morgan fingerprint density at radius 1 is 1.48 bits per heavy atom. The van der Waals surface area contributed by atoms with Crippen LogP contribution in [0.25, 0.3) is 0 Å². The van der Waals surface area contributed by atoms with Crippen LogP contribution in [0.15, 0.2) is 23.4 Å². The Morgan fingerprint density at radius 3 is 3.00 bits per heavy atom. The van der Waals surface area contributed by atoms with Crippen molar-refractivity contribution in [2.45, 2.75) is 37.3 Å². The lowest BCUT2D eigenvalue weighted by Gasteiger charge is -2.34. The van der Waals surface area contributed by atoms with Crippen LogP contribution in [0.5, 0.6) is 0 Å². The molecule has 1 aliphatic heterocycles. The van der Waals surface area contributed by atoms with E-state index >= 15 is 0 Å². The highest BCUT2D eigenvalue weighted by Crippen LogP contribution is 2.24. The lowest BCUT2D eigenvalue weighted by atomic mass is 10.0. The number of aromatic nitrogens is 1. The molecule has 1 aromatic rings. The molecule has 1 aromatic heterocycles. The van der Waals surface area contributed by atoms with Crippen molar-refractivity contribution in [2.75, 3.05) is 19.4 Å². The van der Waals surface area contributed by atoms with Gasteiger partial charge < -0.3 is 9.64 Å². The first-order valence-electron chi connectivity index (χ1n) is 7.15. The summed E-state index contributed by atoms with van der Waals surface area (Å²) < 4.78 is 5.10. The number of ether oxygens (including phenoxy) is 1. The van der Waals surface area contributed by atoms with Crippen LogP contribution in [-0.2, 0) is 9.53 Å². The maximum absolute atomic E-state index is 12.8. The number of hydrogen-bond donors (Lipinski definition) is 0. The topological polar surface area (TPSA) is 59.5 Å². The molecule has 1 atom stereocenters. The van der Waals surface area contributed by atoms with Crippen LogP contribution in [0, 0.1) is 0 Å². The molecule has 0 bridgehead atoms. The van der Waals surface area contributed by atoms with Gasteiger partial charge in [0.1, 0.15) is 11.1 Å². The number of carbonyl (C=O) groups is 2. The second-order valence-electron chi connectivity index (χ2n) is 4.82. The first-order valence-corrected chi connectivity index (χ1v) is 8.38. The van der Waals surface area contributed by atoms with E-state index in [0.717, 1.165) is 12.8 Å². The van der Waals surface area contributed by atoms with Crippen molar-refractivity contribution in [1.29, 1.82) is 0 Å². The summed E-state index contributed by atoms with van der Waals surface area (Å²) in [5.41, 5.74) is 0.557. The van der Waals surface area contributed by atoms with E-state index in [1.54, 1.807) is 30.2 Å². The molecule has 1 saturated heterocycles. The Kier molecular flexibility index (Phi) is 5.61. The maximum Gasteiger partial charge on any atom is 0.328 e. The third-order valence-electron chi connectivity index (χ3n) is 3.52. The maximum atomic E-state index is 12.8. The van der Waals surface area contributed by atoms with Gasteiger partial charge in [-0.3, -0.25) is 4.79 Å². The molecule has 1 fully saturated rings. The minimum absolute atomic E-state index is 0.134. The van der Waals surface area contributed by atoms with Gasteiger partial charge in [-0.1, -0.05) is 0 Å². The Balaban J connectivity index is 2.24. The molecule has 0 spiro atoms. The first-order chi connectivity index (χ1) is 10.2. The highest BCUT2D eigenvalue weighted by molar-refractivity contribution is 7.98. The molecule has 2 rings (SSSR count). The molecule has 5 nitrogen and oxygen atoms in total. The van der Waals surface area contributed by atoms with E-state index in [1.165, 1.54) is 11.8 Å². The second kappa shape index (κ2) is 7.45. The zero-order valence-corrected chi connectivity index (χ0v) is 13.2. The number of nitrogens with zero attached hydrogens (tertiary/aromatic N) is 2. The van der Waals surface area contributed by atoms with Crippen molar-refractivity contribution in [3.63, 3.8) is 0 Å². The fourth-order valence-electron chi connectivity index (χ4n) is 2.53. The number of thioether (sulfide) groups is 1. The minimum atomic E-state index is -0.471. The van der Waals surface area contributed by atoms with E-state index in [2.05, 4.69) is 4.98 Å². The van der Waals surface area contributed by atoms with Crippen LogP contribution in [0.4, 0.5) is 0 Å². The molecule has 0 saturated carbocycles. The molecule has 1 unspecified atom stereocenters. The van der Waals surface area contributed by atoms with Gasteiger partial charge in [-0.2, -0.15) is 0 Å². The molecule has 0 aromatic carbocycles. The number of hydrogen-bond acceptors (Lipinski definition) is 5. The summed E-state index contributed by atoms with van der Waals surface area (Å²) in [6.07, 6.45) is 6.07. The number of rotatable bonds is 4. The molecule has 2 heterocycles. The van der Waals surface area contributed by atoms with Crippen LogP contribution < -0.4 is 0 Å². The highest BCUT2D eigenvalue weighted by Gasteiger charge is 2.34. The zero-order chi connectivity index (χ0) is 15.2. The van der Waals surface area contributed by atoms with Gasteiger partial charge in [0, 0.05) is 12.7 Å². The number of esters is 1. The van der Waals surface area contributed by atoms with Crippen LogP contribution in [0.2, 0.25) is 0 Å². The fourth-order valence-corrected chi connectivity index (χ4v) is 3.07. The van der Waals surface area contributed by atoms with Crippen LogP contribution in [0.1, 0.15) is 36.5 Å². The molecule has 1 amide bonds. The Hall–Kier alpha value is -1.56. The minimum Gasteiger partial charge on any atom is -0.464 e. The van der Waals surface area contributed by atoms with Crippen LogP contribution in [0.3, 0.4) is 0 Å². The standard InChI is InChI=1S/C15H20N2O3S/c1-3-20-15(19)12-8-4-5-10-17(12)14(18)11-7-6-9-16-13(11)21-2/h6-7,9,12H,3-5,8,10H2,1-2H3. The van der Waals surface area contributed by atoms with E-state index in [0.29, 0.717) is 30.2 Å². The summed E-state index contributed by atoms with van der Waals surface area (Å²) in [6.45, 7) is 2.70.